The summed E-state index contributed by atoms with van der Waals surface area (Å²) in [6.07, 6.45) is 1.49. The first-order valence-corrected chi connectivity index (χ1v) is 10.4. The fraction of sp³-hybridized carbons (Fsp3) is 0.125. The molecule has 0 bridgehead atoms. The van der Waals surface area contributed by atoms with E-state index in [1.807, 2.05) is 42.5 Å². The number of nitrogens with zero attached hydrogens (tertiary/aromatic N) is 3. The molecule has 5 rings (SSSR count). The fourth-order valence-corrected chi connectivity index (χ4v) is 3.85. The highest BCUT2D eigenvalue weighted by molar-refractivity contribution is 6.33. The van der Waals surface area contributed by atoms with Crippen LogP contribution in [0.2, 0.25) is 5.02 Å². The van der Waals surface area contributed by atoms with Gasteiger partial charge in [-0.25, -0.2) is 15.0 Å². The predicted octanol–water partition coefficient (Wildman–Crippen LogP) is 5.60. The number of rotatable bonds is 6. The van der Waals surface area contributed by atoms with Gasteiger partial charge in [-0.3, -0.25) is 0 Å². The van der Waals surface area contributed by atoms with Gasteiger partial charge in [0.2, 0.25) is 0 Å². The number of nitrogens with one attached hydrogen (secondary N) is 2. The number of ether oxygens (including phenoxy) is 3. The molecule has 2 heterocycles. The molecule has 0 aliphatic carbocycles. The van der Waals surface area contributed by atoms with E-state index in [2.05, 4.69) is 25.3 Å². The van der Waals surface area contributed by atoms with E-state index in [0.717, 1.165) is 33.4 Å². The maximum Gasteiger partial charge on any atom is 0.148 e. The Labute approximate surface area is 194 Å². The maximum atomic E-state index is 6.52. The van der Waals surface area contributed by atoms with Crippen molar-refractivity contribution in [3.8, 4) is 28.6 Å². The van der Waals surface area contributed by atoms with E-state index in [0.29, 0.717) is 33.7 Å². The Morgan fingerprint density at radius 1 is 0.879 bits per heavy atom. The number of anilines is 2. The lowest BCUT2D eigenvalue weighted by atomic mass is 10.1. The number of aromatic nitrogens is 4. The molecule has 0 radical (unpaired) electrons. The number of benzene rings is 3. The summed E-state index contributed by atoms with van der Waals surface area (Å²) in [7, 11) is 4.83. The third-order valence-corrected chi connectivity index (χ3v) is 5.64. The number of hydrogen-bond acceptors (Lipinski definition) is 7. The monoisotopic (exact) mass is 461 g/mol. The molecule has 2 N–H and O–H groups in total. The summed E-state index contributed by atoms with van der Waals surface area (Å²) in [5.41, 5.74) is 3.90. The average molecular weight is 462 g/mol. The first kappa shape index (κ1) is 20.8. The number of methoxy groups -OCH3 is 3. The predicted molar refractivity (Wildman–Crippen MR) is 129 cm³/mol. The van der Waals surface area contributed by atoms with Gasteiger partial charge in [0, 0.05) is 23.4 Å². The minimum Gasteiger partial charge on any atom is -0.497 e. The van der Waals surface area contributed by atoms with E-state index in [9.17, 15) is 0 Å². The summed E-state index contributed by atoms with van der Waals surface area (Å²) in [6, 6.07) is 14.9. The minimum atomic E-state index is 0.572. The van der Waals surface area contributed by atoms with E-state index < -0.39 is 0 Å². The first-order chi connectivity index (χ1) is 16.1. The van der Waals surface area contributed by atoms with Gasteiger partial charge in [0.1, 0.15) is 40.7 Å². The zero-order valence-corrected chi connectivity index (χ0v) is 18.9. The van der Waals surface area contributed by atoms with Crippen LogP contribution in [0.25, 0.3) is 33.3 Å². The van der Waals surface area contributed by atoms with Crippen LogP contribution in [0.4, 0.5) is 11.5 Å². The molecule has 0 amide bonds. The summed E-state index contributed by atoms with van der Waals surface area (Å²) in [6.45, 7) is 0. The molecule has 0 saturated carbocycles. The van der Waals surface area contributed by atoms with Gasteiger partial charge in [-0.1, -0.05) is 11.6 Å². The first-order valence-electron chi connectivity index (χ1n) is 10.1. The highest BCUT2D eigenvalue weighted by atomic mass is 35.5. The SMILES string of the molecule is COc1ccc2nc(-c3cc(Nc4ncnc5c(OC)cc(OC)cc45)ccc3Cl)[nH]c2c1. The van der Waals surface area contributed by atoms with E-state index in [-0.39, 0.29) is 0 Å². The molecule has 0 saturated heterocycles. The lowest BCUT2D eigenvalue weighted by molar-refractivity contribution is 0.397. The van der Waals surface area contributed by atoms with Crippen LogP contribution in [0.1, 0.15) is 0 Å². The van der Waals surface area contributed by atoms with Crippen LogP contribution in [-0.4, -0.2) is 41.3 Å². The van der Waals surface area contributed by atoms with Crippen molar-refractivity contribution in [2.45, 2.75) is 0 Å². The van der Waals surface area contributed by atoms with Crippen LogP contribution in [0.3, 0.4) is 0 Å². The number of imidazole rings is 1. The minimum absolute atomic E-state index is 0.572. The molecule has 166 valence electrons. The quantitative estimate of drug-likeness (QED) is 0.340. The van der Waals surface area contributed by atoms with Crippen molar-refractivity contribution in [2.24, 2.45) is 0 Å². The van der Waals surface area contributed by atoms with E-state index >= 15 is 0 Å². The molecule has 9 heteroatoms. The third kappa shape index (κ3) is 3.85. The average Bonchev–Trinajstić information content (AvgIpc) is 3.27. The Morgan fingerprint density at radius 2 is 1.73 bits per heavy atom. The zero-order chi connectivity index (χ0) is 22.9. The van der Waals surface area contributed by atoms with Crippen LogP contribution < -0.4 is 19.5 Å². The number of fused-ring (bicyclic) bond motifs is 2. The molecule has 8 nitrogen and oxygen atoms in total. The van der Waals surface area contributed by atoms with Gasteiger partial charge in [-0.15, -0.1) is 0 Å². The summed E-state index contributed by atoms with van der Waals surface area (Å²) in [4.78, 5) is 16.8. The largest absolute Gasteiger partial charge is 0.497 e. The second-order valence-corrected chi connectivity index (χ2v) is 7.64. The smallest absolute Gasteiger partial charge is 0.148 e. The number of H-pyrrole nitrogens is 1. The van der Waals surface area contributed by atoms with Crippen molar-refractivity contribution in [2.75, 3.05) is 26.6 Å². The highest BCUT2D eigenvalue weighted by Crippen LogP contribution is 2.35. The normalized spacial score (nSPS) is 11.0. The lowest BCUT2D eigenvalue weighted by Gasteiger charge is -2.13. The summed E-state index contributed by atoms with van der Waals surface area (Å²) >= 11 is 6.52. The highest BCUT2D eigenvalue weighted by Gasteiger charge is 2.14. The van der Waals surface area contributed by atoms with E-state index in [1.165, 1.54) is 6.33 Å². The molecular formula is C24H20ClN5O3. The molecule has 3 aromatic carbocycles. The van der Waals surface area contributed by atoms with Crippen molar-refractivity contribution in [3.05, 3.63) is 59.9 Å². The van der Waals surface area contributed by atoms with Crippen molar-refractivity contribution >= 4 is 45.0 Å². The summed E-state index contributed by atoms with van der Waals surface area (Å²) in [5, 5.41) is 4.69. The van der Waals surface area contributed by atoms with Gasteiger partial charge in [0.15, 0.2) is 0 Å². The standard InChI is InChI=1S/C24H20ClN5O3/c1-31-14-5-7-19-20(10-14)30-24(29-19)16-8-13(4-6-18(16)25)28-23-17-9-15(32-2)11-21(33-3)22(17)26-12-27-23/h4-12H,1-3H3,(H,29,30)(H,26,27,28). The van der Waals surface area contributed by atoms with Crippen molar-refractivity contribution in [1.29, 1.82) is 0 Å². The molecule has 0 fully saturated rings. The molecule has 0 atom stereocenters. The number of halogens is 1. The van der Waals surface area contributed by atoms with Gasteiger partial charge >= 0.3 is 0 Å². The molecule has 0 spiro atoms. The molecule has 0 aliphatic heterocycles. The van der Waals surface area contributed by atoms with Crippen LogP contribution in [0.5, 0.6) is 17.2 Å². The van der Waals surface area contributed by atoms with Gasteiger partial charge in [0.25, 0.3) is 0 Å². The molecule has 33 heavy (non-hydrogen) atoms. The molecular weight excluding hydrogens is 442 g/mol. The molecule has 0 aliphatic rings. The van der Waals surface area contributed by atoms with Crippen molar-refractivity contribution < 1.29 is 14.2 Å². The van der Waals surface area contributed by atoms with Gasteiger partial charge < -0.3 is 24.5 Å². The third-order valence-electron chi connectivity index (χ3n) is 5.31. The Morgan fingerprint density at radius 3 is 2.52 bits per heavy atom. The van der Waals surface area contributed by atoms with Crippen molar-refractivity contribution in [3.63, 3.8) is 0 Å². The Kier molecular flexibility index (Phi) is 5.35. The number of hydrogen-bond donors (Lipinski definition) is 2. The lowest BCUT2D eigenvalue weighted by Crippen LogP contribution is -1.99. The van der Waals surface area contributed by atoms with Crippen LogP contribution in [0.15, 0.2) is 54.9 Å². The van der Waals surface area contributed by atoms with Gasteiger partial charge in [-0.2, -0.15) is 0 Å². The Bertz CT molecular complexity index is 1480. The van der Waals surface area contributed by atoms with Crippen LogP contribution >= 0.6 is 11.6 Å². The van der Waals surface area contributed by atoms with Crippen LogP contribution in [0, 0.1) is 0 Å². The van der Waals surface area contributed by atoms with Crippen molar-refractivity contribution in [1.82, 2.24) is 19.9 Å². The van der Waals surface area contributed by atoms with Crippen LogP contribution in [-0.2, 0) is 0 Å². The zero-order valence-electron chi connectivity index (χ0n) is 18.1. The van der Waals surface area contributed by atoms with Gasteiger partial charge in [-0.05, 0) is 36.4 Å². The van der Waals surface area contributed by atoms with E-state index in [1.54, 1.807) is 27.4 Å². The molecule has 5 aromatic rings. The van der Waals surface area contributed by atoms with Gasteiger partial charge in [0.05, 0.1) is 42.8 Å². The Balaban J connectivity index is 1.56. The van der Waals surface area contributed by atoms with E-state index in [4.69, 9.17) is 25.8 Å². The second-order valence-electron chi connectivity index (χ2n) is 7.24. The molecule has 0 unspecified atom stereocenters. The number of aromatic amines is 1. The fourth-order valence-electron chi connectivity index (χ4n) is 3.65. The summed E-state index contributed by atoms with van der Waals surface area (Å²) < 4.78 is 16.2. The molecule has 2 aromatic heterocycles. The topological polar surface area (TPSA) is 94.2 Å². The summed E-state index contributed by atoms with van der Waals surface area (Å²) in [5.74, 6) is 3.26. The second kappa shape index (κ2) is 8.48. The Hall–Kier alpha value is -4.04. The maximum absolute atomic E-state index is 6.52.